The summed E-state index contributed by atoms with van der Waals surface area (Å²) in [5.41, 5.74) is 7.11. The van der Waals surface area contributed by atoms with E-state index in [9.17, 15) is 0 Å². The van der Waals surface area contributed by atoms with E-state index in [2.05, 4.69) is 9.89 Å². The SMILES string of the molecule is NC(=NC[C@@H]1C[C@H]1c1ccc(Cl)cc1Cl)N1CCC1. The first-order valence-electron chi connectivity index (χ1n) is 6.65. The average Bonchev–Trinajstić information content (AvgIpc) is 3.03. The molecule has 0 amide bonds. The fourth-order valence-corrected chi connectivity index (χ4v) is 3.04. The van der Waals surface area contributed by atoms with Gasteiger partial charge in [-0.05, 0) is 42.4 Å². The molecule has 0 radical (unpaired) electrons. The highest BCUT2D eigenvalue weighted by molar-refractivity contribution is 6.35. The van der Waals surface area contributed by atoms with Gasteiger partial charge in [-0.3, -0.25) is 4.99 Å². The molecule has 0 aromatic heterocycles. The molecule has 1 heterocycles. The minimum atomic E-state index is 0.512. The maximum atomic E-state index is 6.22. The van der Waals surface area contributed by atoms with Crippen molar-refractivity contribution in [1.29, 1.82) is 0 Å². The zero-order valence-corrected chi connectivity index (χ0v) is 12.2. The third kappa shape index (κ3) is 2.82. The van der Waals surface area contributed by atoms with Crippen LogP contribution in [0.1, 0.15) is 24.3 Å². The summed E-state index contributed by atoms with van der Waals surface area (Å²) in [6.45, 7) is 2.89. The zero-order valence-electron chi connectivity index (χ0n) is 10.6. The van der Waals surface area contributed by atoms with Gasteiger partial charge in [0.2, 0.25) is 0 Å². The molecule has 1 aliphatic carbocycles. The molecule has 1 aromatic rings. The molecule has 102 valence electrons. The van der Waals surface area contributed by atoms with Gasteiger partial charge in [0.25, 0.3) is 0 Å². The van der Waals surface area contributed by atoms with Crippen LogP contribution < -0.4 is 5.73 Å². The van der Waals surface area contributed by atoms with E-state index in [1.165, 1.54) is 12.0 Å². The lowest BCUT2D eigenvalue weighted by Gasteiger charge is -2.31. The molecule has 1 aromatic carbocycles. The van der Waals surface area contributed by atoms with E-state index >= 15 is 0 Å². The molecule has 0 bridgehead atoms. The van der Waals surface area contributed by atoms with Crippen molar-refractivity contribution >= 4 is 29.2 Å². The van der Waals surface area contributed by atoms with Crippen molar-refractivity contribution in [3.8, 4) is 0 Å². The molecule has 2 N–H and O–H groups in total. The molecule has 1 saturated carbocycles. The zero-order chi connectivity index (χ0) is 13.4. The molecular weight excluding hydrogens is 281 g/mol. The van der Waals surface area contributed by atoms with Crippen LogP contribution in [0.2, 0.25) is 10.0 Å². The number of hydrogen-bond acceptors (Lipinski definition) is 1. The molecule has 2 atom stereocenters. The molecule has 2 aliphatic rings. The number of aliphatic imine (C=N–C) groups is 1. The van der Waals surface area contributed by atoms with Crippen LogP contribution in [0, 0.1) is 5.92 Å². The number of guanidine groups is 1. The molecule has 19 heavy (non-hydrogen) atoms. The summed E-state index contributed by atoms with van der Waals surface area (Å²) in [6, 6.07) is 5.74. The van der Waals surface area contributed by atoms with E-state index in [-0.39, 0.29) is 0 Å². The van der Waals surface area contributed by atoms with Crippen LogP contribution in [-0.2, 0) is 0 Å². The summed E-state index contributed by atoms with van der Waals surface area (Å²) in [5.74, 6) is 1.77. The third-order valence-electron chi connectivity index (χ3n) is 3.95. The first-order valence-corrected chi connectivity index (χ1v) is 7.40. The van der Waals surface area contributed by atoms with Crippen LogP contribution >= 0.6 is 23.2 Å². The Morgan fingerprint density at radius 1 is 1.37 bits per heavy atom. The number of nitrogens with zero attached hydrogens (tertiary/aromatic N) is 2. The third-order valence-corrected chi connectivity index (χ3v) is 4.51. The van der Waals surface area contributed by atoms with Gasteiger partial charge in [0, 0.05) is 29.7 Å². The molecule has 5 heteroatoms. The highest BCUT2D eigenvalue weighted by Gasteiger charge is 2.39. The standard InChI is InChI=1S/C14H17Cl2N3/c15-10-2-3-11(13(16)7-10)12-6-9(12)8-18-14(17)19-4-1-5-19/h2-3,7,9,12H,1,4-6,8H2,(H2,17,18)/t9-,12+/m0/s1. The molecule has 2 fully saturated rings. The highest BCUT2D eigenvalue weighted by Crippen LogP contribution is 2.50. The van der Waals surface area contributed by atoms with Gasteiger partial charge in [0.05, 0.1) is 0 Å². The van der Waals surface area contributed by atoms with Crippen molar-refractivity contribution in [1.82, 2.24) is 4.90 Å². The smallest absolute Gasteiger partial charge is 0.191 e. The number of likely N-dealkylation sites (tertiary alicyclic amines) is 1. The van der Waals surface area contributed by atoms with Crippen LogP contribution in [0.25, 0.3) is 0 Å². The van der Waals surface area contributed by atoms with Crippen molar-refractivity contribution in [2.24, 2.45) is 16.6 Å². The first kappa shape index (κ1) is 13.1. The molecule has 0 unspecified atom stereocenters. The van der Waals surface area contributed by atoms with Gasteiger partial charge in [0.1, 0.15) is 0 Å². The molecular formula is C14H17Cl2N3. The summed E-state index contributed by atoms with van der Waals surface area (Å²) in [5, 5.41) is 1.45. The second kappa shape index (κ2) is 5.22. The number of nitrogens with two attached hydrogens (primary N) is 1. The Kier molecular flexibility index (Phi) is 3.59. The van der Waals surface area contributed by atoms with Crippen LogP contribution in [0.15, 0.2) is 23.2 Å². The number of rotatable bonds is 3. The van der Waals surface area contributed by atoms with Gasteiger partial charge >= 0.3 is 0 Å². The fourth-order valence-electron chi connectivity index (χ4n) is 2.49. The molecule has 1 aliphatic heterocycles. The van der Waals surface area contributed by atoms with Gasteiger partial charge in [-0.15, -0.1) is 0 Å². The van der Waals surface area contributed by atoms with E-state index < -0.39 is 0 Å². The summed E-state index contributed by atoms with van der Waals surface area (Å²) in [7, 11) is 0. The van der Waals surface area contributed by atoms with Crippen molar-refractivity contribution in [3.05, 3.63) is 33.8 Å². The largest absolute Gasteiger partial charge is 0.370 e. The first-order chi connectivity index (χ1) is 9.15. The average molecular weight is 298 g/mol. The van der Waals surface area contributed by atoms with Gasteiger partial charge in [-0.1, -0.05) is 29.3 Å². The molecule has 1 saturated heterocycles. The summed E-state index contributed by atoms with van der Waals surface area (Å²) in [4.78, 5) is 6.60. The van der Waals surface area contributed by atoms with Crippen LogP contribution in [0.5, 0.6) is 0 Å². The maximum absolute atomic E-state index is 6.22. The number of benzene rings is 1. The summed E-state index contributed by atoms with van der Waals surface area (Å²) < 4.78 is 0. The molecule has 3 rings (SSSR count). The Bertz CT molecular complexity index is 511. The Morgan fingerprint density at radius 3 is 2.79 bits per heavy atom. The van der Waals surface area contributed by atoms with Crippen molar-refractivity contribution < 1.29 is 0 Å². The molecule has 3 nitrogen and oxygen atoms in total. The van der Waals surface area contributed by atoms with Gasteiger partial charge < -0.3 is 10.6 Å². The van der Waals surface area contributed by atoms with Gasteiger partial charge in [-0.2, -0.15) is 0 Å². The predicted molar refractivity (Wildman–Crippen MR) is 80.0 cm³/mol. The lowest BCUT2D eigenvalue weighted by atomic mass is 10.1. The van der Waals surface area contributed by atoms with Crippen molar-refractivity contribution in [2.45, 2.75) is 18.8 Å². The lowest BCUT2D eigenvalue weighted by molar-refractivity contribution is 0.295. The summed E-state index contributed by atoms with van der Waals surface area (Å²) in [6.07, 6.45) is 2.36. The quantitative estimate of drug-likeness (QED) is 0.688. The van der Waals surface area contributed by atoms with E-state index in [1.807, 2.05) is 18.2 Å². The molecule has 0 spiro atoms. The van der Waals surface area contributed by atoms with E-state index in [1.54, 1.807) is 0 Å². The normalized spacial score (nSPS) is 26.2. The van der Waals surface area contributed by atoms with Crippen molar-refractivity contribution in [2.75, 3.05) is 19.6 Å². The number of hydrogen-bond donors (Lipinski definition) is 1. The minimum absolute atomic E-state index is 0.512. The fraction of sp³-hybridized carbons (Fsp3) is 0.500. The summed E-state index contributed by atoms with van der Waals surface area (Å²) >= 11 is 12.1. The minimum Gasteiger partial charge on any atom is -0.370 e. The topological polar surface area (TPSA) is 41.6 Å². The van der Waals surface area contributed by atoms with E-state index in [4.69, 9.17) is 28.9 Å². The van der Waals surface area contributed by atoms with Crippen LogP contribution in [0.4, 0.5) is 0 Å². The van der Waals surface area contributed by atoms with Gasteiger partial charge in [-0.25, -0.2) is 0 Å². The Labute approximate surface area is 123 Å². The van der Waals surface area contributed by atoms with E-state index in [0.717, 1.165) is 31.1 Å². The Morgan fingerprint density at radius 2 is 2.16 bits per heavy atom. The maximum Gasteiger partial charge on any atom is 0.191 e. The highest BCUT2D eigenvalue weighted by atomic mass is 35.5. The van der Waals surface area contributed by atoms with Crippen LogP contribution in [0.3, 0.4) is 0 Å². The monoisotopic (exact) mass is 297 g/mol. The lowest BCUT2D eigenvalue weighted by Crippen LogP contribution is -2.46. The Balaban J connectivity index is 1.58. The Hall–Kier alpha value is -0.930. The van der Waals surface area contributed by atoms with Crippen LogP contribution in [-0.4, -0.2) is 30.5 Å². The van der Waals surface area contributed by atoms with E-state index in [0.29, 0.717) is 22.8 Å². The second-order valence-electron chi connectivity index (χ2n) is 5.31. The van der Waals surface area contributed by atoms with Crippen molar-refractivity contribution in [3.63, 3.8) is 0 Å². The van der Waals surface area contributed by atoms with Gasteiger partial charge in [0.15, 0.2) is 5.96 Å². The number of halogens is 2. The second-order valence-corrected chi connectivity index (χ2v) is 6.15. The predicted octanol–water partition coefficient (Wildman–Crippen LogP) is 3.12.